The van der Waals surface area contributed by atoms with Gasteiger partial charge in [0.1, 0.15) is 0 Å². The summed E-state index contributed by atoms with van der Waals surface area (Å²) in [5.74, 6) is -0.121. The molecule has 3 nitrogen and oxygen atoms in total. The Balaban J connectivity index is 1.87. The first-order valence-electron chi connectivity index (χ1n) is 7.27. The standard InChI is InChI=1S/C16H23NO2/c18-16(19)11-6-12-17-15-10-5-4-9-14(15)13-7-2-1-3-8-13/h1-3,7-8,14-15,17H,4-6,9-12H2,(H,18,19). The van der Waals surface area contributed by atoms with Gasteiger partial charge in [0.2, 0.25) is 0 Å². The lowest BCUT2D eigenvalue weighted by atomic mass is 9.80. The van der Waals surface area contributed by atoms with Gasteiger partial charge in [-0.15, -0.1) is 0 Å². The number of aliphatic carboxylic acids is 1. The van der Waals surface area contributed by atoms with Crippen molar-refractivity contribution in [2.24, 2.45) is 0 Å². The first-order chi connectivity index (χ1) is 9.27. The zero-order chi connectivity index (χ0) is 13.5. The van der Waals surface area contributed by atoms with E-state index in [0.717, 1.165) is 6.54 Å². The number of rotatable bonds is 6. The van der Waals surface area contributed by atoms with Crippen molar-refractivity contribution in [1.82, 2.24) is 5.32 Å². The van der Waals surface area contributed by atoms with Crippen LogP contribution in [0.5, 0.6) is 0 Å². The second-order valence-electron chi connectivity index (χ2n) is 5.36. The van der Waals surface area contributed by atoms with Crippen LogP contribution >= 0.6 is 0 Å². The van der Waals surface area contributed by atoms with Crippen molar-refractivity contribution >= 4 is 5.97 Å². The zero-order valence-corrected chi connectivity index (χ0v) is 11.3. The van der Waals surface area contributed by atoms with E-state index in [1.165, 1.54) is 31.2 Å². The third-order valence-corrected chi connectivity index (χ3v) is 3.97. The van der Waals surface area contributed by atoms with Gasteiger partial charge in [0.15, 0.2) is 0 Å². The Kier molecular flexibility index (Phi) is 5.40. The molecule has 0 aliphatic heterocycles. The lowest BCUT2D eigenvalue weighted by Gasteiger charge is -2.32. The molecule has 2 N–H and O–H groups in total. The van der Waals surface area contributed by atoms with Crippen LogP contribution in [0.1, 0.15) is 50.0 Å². The van der Waals surface area contributed by atoms with E-state index in [9.17, 15) is 4.79 Å². The van der Waals surface area contributed by atoms with Gasteiger partial charge in [-0.2, -0.15) is 0 Å². The van der Waals surface area contributed by atoms with E-state index in [1.807, 2.05) is 0 Å². The summed E-state index contributed by atoms with van der Waals surface area (Å²) in [5, 5.41) is 12.2. The minimum absolute atomic E-state index is 0.260. The minimum Gasteiger partial charge on any atom is -0.481 e. The molecular formula is C16H23NO2. The molecule has 1 saturated carbocycles. The van der Waals surface area contributed by atoms with Crippen LogP contribution in [0.15, 0.2) is 30.3 Å². The molecule has 19 heavy (non-hydrogen) atoms. The van der Waals surface area contributed by atoms with Gasteiger partial charge in [-0.1, -0.05) is 43.2 Å². The molecule has 0 bridgehead atoms. The fourth-order valence-electron chi connectivity index (χ4n) is 3.00. The second kappa shape index (κ2) is 7.29. The van der Waals surface area contributed by atoms with Crippen LogP contribution in [-0.2, 0) is 4.79 Å². The summed E-state index contributed by atoms with van der Waals surface area (Å²) in [6.07, 6.45) is 5.99. The molecule has 0 amide bonds. The molecule has 0 aromatic heterocycles. The SMILES string of the molecule is O=C(O)CCCNC1CCCCC1c1ccccc1. The van der Waals surface area contributed by atoms with Crippen LogP contribution in [0.3, 0.4) is 0 Å². The summed E-state index contributed by atoms with van der Waals surface area (Å²) in [6.45, 7) is 0.806. The molecule has 2 atom stereocenters. The summed E-state index contributed by atoms with van der Waals surface area (Å²) in [6, 6.07) is 11.2. The van der Waals surface area contributed by atoms with Crippen LogP contribution in [0.2, 0.25) is 0 Å². The monoisotopic (exact) mass is 261 g/mol. The lowest BCUT2D eigenvalue weighted by Crippen LogP contribution is -2.37. The highest BCUT2D eigenvalue weighted by Gasteiger charge is 2.25. The molecule has 2 rings (SSSR count). The smallest absolute Gasteiger partial charge is 0.303 e. The number of benzene rings is 1. The van der Waals surface area contributed by atoms with Crippen molar-refractivity contribution < 1.29 is 9.90 Å². The summed E-state index contributed by atoms with van der Waals surface area (Å²) in [7, 11) is 0. The van der Waals surface area contributed by atoms with Gasteiger partial charge in [-0.05, 0) is 37.3 Å². The highest BCUT2D eigenvalue weighted by atomic mass is 16.4. The van der Waals surface area contributed by atoms with Crippen molar-refractivity contribution in [3.05, 3.63) is 35.9 Å². The third-order valence-electron chi connectivity index (χ3n) is 3.97. The minimum atomic E-state index is -0.704. The molecular weight excluding hydrogens is 238 g/mol. The van der Waals surface area contributed by atoms with E-state index >= 15 is 0 Å². The number of carboxylic acids is 1. The summed E-state index contributed by atoms with van der Waals surface area (Å²) in [5.41, 5.74) is 1.41. The topological polar surface area (TPSA) is 49.3 Å². The van der Waals surface area contributed by atoms with Gasteiger partial charge in [0.25, 0.3) is 0 Å². The van der Waals surface area contributed by atoms with Crippen LogP contribution in [-0.4, -0.2) is 23.7 Å². The van der Waals surface area contributed by atoms with Gasteiger partial charge in [0, 0.05) is 12.5 Å². The average Bonchev–Trinajstić information content (AvgIpc) is 2.45. The van der Waals surface area contributed by atoms with Crippen LogP contribution in [0.25, 0.3) is 0 Å². The normalized spacial score (nSPS) is 23.2. The van der Waals surface area contributed by atoms with E-state index in [-0.39, 0.29) is 6.42 Å². The first-order valence-corrected chi connectivity index (χ1v) is 7.27. The average molecular weight is 261 g/mol. The molecule has 0 saturated heterocycles. The van der Waals surface area contributed by atoms with Crippen LogP contribution in [0.4, 0.5) is 0 Å². The number of nitrogens with one attached hydrogen (secondary N) is 1. The largest absolute Gasteiger partial charge is 0.481 e. The maximum absolute atomic E-state index is 10.5. The molecule has 1 aliphatic rings. The summed E-state index contributed by atoms with van der Waals surface area (Å²) < 4.78 is 0. The molecule has 1 fully saturated rings. The Bertz CT molecular complexity index is 391. The van der Waals surface area contributed by atoms with Gasteiger partial charge < -0.3 is 10.4 Å². The van der Waals surface area contributed by atoms with E-state index in [1.54, 1.807) is 0 Å². The molecule has 3 heteroatoms. The van der Waals surface area contributed by atoms with E-state index in [4.69, 9.17) is 5.11 Å². The fourth-order valence-corrected chi connectivity index (χ4v) is 3.00. The quantitative estimate of drug-likeness (QED) is 0.773. The molecule has 0 heterocycles. The molecule has 104 valence electrons. The van der Waals surface area contributed by atoms with Crippen LogP contribution < -0.4 is 5.32 Å². The maximum atomic E-state index is 10.5. The van der Waals surface area contributed by atoms with E-state index in [0.29, 0.717) is 18.4 Å². The molecule has 1 aromatic carbocycles. The zero-order valence-electron chi connectivity index (χ0n) is 11.3. The summed E-state index contributed by atoms with van der Waals surface area (Å²) in [4.78, 5) is 10.5. The van der Waals surface area contributed by atoms with Crippen LogP contribution in [0, 0.1) is 0 Å². The summed E-state index contributed by atoms with van der Waals surface area (Å²) >= 11 is 0. The fraction of sp³-hybridized carbons (Fsp3) is 0.562. The molecule has 0 spiro atoms. The van der Waals surface area contributed by atoms with Gasteiger partial charge in [0.05, 0.1) is 0 Å². The molecule has 1 aromatic rings. The molecule has 1 aliphatic carbocycles. The van der Waals surface area contributed by atoms with Crippen molar-refractivity contribution in [2.75, 3.05) is 6.54 Å². The predicted molar refractivity (Wildman–Crippen MR) is 76.3 cm³/mol. The van der Waals surface area contributed by atoms with E-state index < -0.39 is 5.97 Å². The van der Waals surface area contributed by atoms with Crippen molar-refractivity contribution in [1.29, 1.82) is 0 Å². The second-order valence-corrected chi connectivity index (χ2v) is 5.36. The Morgan fingerprint density at radius 3 is 2.68 bits per heavy atom. The van der Waals surface area contributed by atoms with Crippen molar-refractivity contribution in [3.63, 3.8) is 0 Å². The van der Waals surface area contributed by atoms with E-state index in [2.05, 4.69) is 35.6 Å². The predicted octanol–water partition coefficient (Wildman–Crippen LogP) is 3.17. The Hall–Kier alpha value is -1.35. The van der Waals surface area contributed by atoms with Gasteiger partial charge in [-0.25, -0.2) is 0 Å². The Morgan fingerprint density at radius 2 is 1.95 bits per heavy atom. The number of carbonyl (C=O) groups is 1. The molecule has 2 unspecified atom stereocenters. The highest BCUT2D eigenvalue weighted by molar-refractivity contribution is 5.66. The lowest BCUT2D eigenvalue weighted by molar-refractivity contribution is -0.137. The Labute approximate surface area is 115 Å². The number of hydrogen-bond donors (Lipinski definition) is 2. The molecule has 0 radical (unpaired) electrons. The van der Waals surface area contributed by atoms with Crippen molar-refractivity contribution in [3.8, 4) is 0 Å². The number of hydrogen-bond acceptors (Lipinski definition) is 2. The Morgan fingerprint density at radius 1 is 1.21 bits per heavy atom. The number of carboxylic acid groups (broad SMARTS) is 1. The first kappa shape index (κ1) is 14.1. The van der Waals surface area contributed by atoms with Gasteiger partial charge in [-0.3, -0.25) is 4.79 Å². The maximum Gasteiger partial charge on any atom is 0.303 e. The van der Waals surface area contributed by atoms with Crippen molar-refractivity contribution in [2.45, 2.75) is 50.5 Å². The highest BCUT2D eigenvalue weighted by Crippen LogP contribution is 2.32. The third kappa shape index (κ3) is 4.35. The van der Waals surface area contributed by atoms with Gasteiger partial charge >= 0.3 is 5.97 Å².